The zero-order chi connectivity index (χ0) is 19.8. The number of fused-ring (bicyclic) bond motifs is 1. The van der Waals surface area contributed by atoms with E-state index in [4.69, 9.17) is 4.74 Å². The molecule has 2 aliphatic rings. The van der Waals surface area contributed by atoms with Crippen LogP contribution in [0.5, 0.6) is 5.75 Å². The summed E-state index contributed by atoms with van der Waals surface area (Å²) in [7, 11) is -6.96. The Morgan fingerprint density at radius 2 is 1.86 bits per heavy atom. The van der Waals surface area contributed by atoms with Gasteiger partial charge in [-0.1, -0.05) is 24.3 Å². The van der Waals surface area contributed by atoms with Gasteiger partial charge in [-0.05, 0) is 43.7 Å². The molecule has 0 bridgehead atoms. The fraction of sp³-hybridized carbons (Fsp3) is 0.400. The third-order valence-electron chi connectivity index (χ3n) is 5.40. The van der Waals surface area contributed by atoms with E-state index >= 15 is 0 Å². The highest BCUT2D eigenvalue weighted by Crippen LogP contribution is 2.63. The van der Waals surface area contributed by atoms with E-state index in [2.05, 4.69) is 5.32 Å². The number of hydrogen-bond donors (Lipinski definition) is 3. The molecule has 6 nitrogen and oxygen atoms in total. The number of ether oxygens (including phenoxy) is 1. The molecule has 1 saturated heterocycles. The van der Waals surface area contributed by atoms with Crippen LogP contribution in [0.25, 0.3) is 0 Å². The van der Waals surface area contributed by atoms with E-state index in [-0.39, 0.29) is 28.0 Å². The van der Waals surface area contributed by atoms with Crippen LogP contribution >= 0.6 is 23.0 Å². The van der Waals surface area contributed by atoms with Crippen molar-refractivity contribution in [2.45, 2.75) is 27.9 Å². The Bertz CT molecular complexity index is 947. The van der Waals surface area contributed by atoms with Crippen molar-refractivity contribution in [3.63, 3.8) is 0 Å². The first-order valence-corrected chi connectivity index (χ1v) is 12.7. The molecule has 2 unspecified atom stereocenters. The second-order valence-electron chi connectivity index (χ2n) is 7.37. The maximum atomic E-state index is 13.3. The minimum absolute atomic E-state index is 0. The first-order chi connectivity index (χ1) is 13.4. The van der Waals surface area contributed by atoms with Crippen molar-refractivity contribution in [2.75, 3.05) is 25.4 Å². The van der Waals surface area contributed by atoms with Gasteiger partial charge in [-0.2, -0.15) is 10.6 Å². The van der Waals surface area contributed by atoms with Gasteiger partial charge in [0.15, 0.2) is 9.84 Å². The summed E-state index contributed by atoms with van der Waals surface area (Å²) >= 11 is 0. The second kappa shape index (κ2) is 8.83. The molecule has 3 N–H and O–H groups in total. The minimum Gasteiger partial charge on any atom is -0.493 e. The highest BCUT2D eigenvalue weighted by Gasteiger charge is 2.45. The number of rotatable bonds is 5. The van der Waals surface area contributed by atoms with Crippen LogP contribution in [0.2, 0.25) is 0 Å². The van der Waals surface area contributed by atoms with Crippen LogP contribution in [0, 0.1) is 5.92 Å². The minimum atomic E-state index is -3.78. The van der Waals surface area contributed by atoms with Crippen molar-refractivity contribution in [1.82, 2.24) is 5.32 Å². The lowest BCUT2D eigenvalue weighted by Gasteiger charge is -2.27. The van der Waals surface area contributed by atoms with Crippen LogP contribution in [-0.2, 0) is 9.84 Å². The summed E-state index contributed by atoms with van der Waals surface area (Å²) in [4.78, 5) is 0.464. The average Bonchev–Trinajstić information content (AvgIpc) is 3.00. The summed E-state index contributed by atoms with van der Waals surface area (Å²) in [6.45, 7) is 2.35. The SMILES string of the molecule is Cl.O=S(=O)(c1ccccc1)C1CS(O)(O)c2cccc(OCC3CCCNC3)c21. The number of piperidine rings is 1. The summed E-state index contributed by atoms with van der Waals surface area (Å²) in [5, 5.41) is 2.31. The molecule has 0 radical (unpaired) electrons. The first kappa shape index (κ1) is 22.4. The standard InChI is InChI=1S/C20H25NO5S2.ClH/c22-27(23)14-19(28(24,25)16-7-2-1-3-8-16)20-17(9-4-10-18(20)27)26-13-15-6-5-11-21-12-15;/h1-4,7-10,15,19,21-23H,5-6,11-14H2;1H. The molecular weight excluding hydrogens is 434 g/mol. The van der Waals surface area contributed by atoms with E-state index in [1.165, 1.54) is 12.1 Å². The number of halogens is 1. The highest BCUT2D eigenvalue weighted by molar-refractivity contribution is 8.25. The summed E-state index contributed by atoms with van der Waals surface area (Å²) < 4.78 is 53.7. The van der Waals surface area contributed by atoms with Crippen LogP contribution in [-0.4, -0.2) is 43.0 Å². The number of sulfone groups is 1. The van der Waals surface area contributed by atoms with Gasteiger partial charge in [0.05, 0.1) is 22.2 Å². The zero-order valence-electron chi connectivity index (χ0n) is 15.9. The number of hydrogen-bond acceptors (Lipinski definition) is 6. The molecule has 2 aliphatic heterocycles. The van der Waals surface area contributed by atoms with Gasteiger partial charge in [0, 0.05) is 18.0 Å². The Morgan fingerprint density at radius 1 is 1.10 bits per heavy atom. The van der Waals surface area contributed by atoms with Gasteiger partial charge in [-0.3, -0.25) is 9.11 Å². The lowest BCUT2D eigenvalue weighted by Crippen LogP contribution is -2.33. The predicted octanol–water partition coefficient (Wildman–Crippen LogP) is 4.12. The lowest BCUT2D eigenvalue weighted by molar-refractivity contribution is 0.216. The van der Waals surface area contributed by atoms with E-state index in [0.29, 0.717) is 23.8 Å². The fourth-order valence-electron chi connectivity index (χ4n) is 3.93. The molecule has 0 amide bonds. The Balaban J connectivity index is 0.00000240. The molecule has 0 spiro atoms. The first-order valence-electron chi connectivity index (χ1n) is 9.41. The van der Waals surface area contributed by atoms with Crippen molar-refractivity contribution >= 4 is 32.8 Å². The van der Waals surface area contributed by atoms with Gasteiger partial charge in [0.1, 0.15) is 11.0 Å². The summed E-state index contributed by atoms with van der Waals surface area (Å²) in [6.07, 6.45) is 2.15. The van der Waals surface area contributed by atoms with E-state index in [1.54, 1.807) is 36.4 Å². The number of benzene rings is 2. The van der Waals surface area contributed by atoms with Crippen molar-refractivity contribution in [3.8, 4) is 5.75 Å². The summed E-state index contributed by atoms with van der Waals surface area (Å²) in [5.41, 5.74) is 0.398. The molecule has 1 fully saturated rings. The van der Waals surface area contributed by atoms with Crippen molar-refractivity contribution in [1.29, 1.82) is 0 Å². The maximum absolute atomic E-state index is 13.3. The maximum Gasteiger partial charge on any atom is 0.187 e. The molecule has 2 aromatic rings. The van der Waals surface area contributed by atoms with Crippen molar-refractivity contribution in [3.05, 3.63) is 54.1 Å². The van der Waals surface area contributed by atoms with Crippen molar-refractivity contribution in [2.24, 2.45) is 5.92 Å². The van der Waals surface area contributed by atoms with E-state index in [9.17, 15) is 17.5 Å². The Hall–Kier alpha value is -1.29. The van der Waals surface area contributed by atoms with Crippen LogP contribution < -0.4 is 10.1 Å². The fourth-order valence-corrected chi connectivity index (χ4v) is 8.37. The van der Waals surface area contributed by atoms with E-state index in [0.717, 1.165) is 25.9 Å². The molecule has 4 rings (SSSR count). The lowest BCUT2D eigenvalue weighted by atomic mass is 10.0. The van der Waals surface area contributed by atoms with Gasteiger partial charge < -0.3 is 10.1 Å². The van der Waals surface area contributed by atoms with Gasteiger partial charge in [0.2, 0.25) is 0 Å². The summed E-state index contributed by atoms with van der Waals surface area (Å²) in [6, 6.07) is 13.2. The number of nitrogens with one attached hydrogen (secondary N) is 1. The molecule has 160 valence electrons. The third-order valence-corrected chi connectivity index (χ3v) is 9.55. The van der Waals surface area contributed by atoms with Crippen LogP contribution in [0.3, 0.4) is 0 Å². The molecule has 2 heterocycles. The highest BCUT2D eigenvalue weighted by atomic mass is 35.5. The molecule has 2 aromatic carbocycles. The van der Waals surface area contributed by atoms with Gasteiger partial charge in [0.25, 0.3) is 0 Å². The molecular formula is C20H26ClNO5S2. The second-order valence-corrected chi connectivity index (χ2v) is 11.6. The van der Waals surface area contributed by atoms with Crippen LogP contribution in [0.1, 0.15) is 23.7 Å². The Kier molecular flexibility index (Phi) is 6.82. The molecule has 2 atom stereocenters. The average molecular weight is 460 g/mol. The predicted molar refractivity (Wildman–Crippen MR) is 117 cm³/mol. The molecule has 9 heteroatoms. The topological polar surface area (TPSA) is 95.9 Å². The van der Waals surface area contributed by atoms with Crippen LogP contribution in [0.15, 0.2) is 58.3 Å². The third kappa shape index (κ3) is 4.42. The normalized spacial score (nSPS) is 24.2. The largest absolute Gasteiger partial charge is 0.493 e. The molecule has 0 aliphatic carbocycles. The molecule has 0 aromatic heterocycles. The van der Waals surface area contributed by atoms with Crippen molar-refractivity contribution < 1.29 is 22.3 Å². The smallest absolute Gasteiger partial charge is 0.187 e. The Labute approximate surface area is 179 Å². The summed E-state index contributed by atoms with van der Waals surface area (Å²) in [5.74, 6) is 0.561. The zero-order valence-corrected chi connectivity index (χ0v) is 18.3. The quantitative estimate of drug-likeness (QED) is 0.622. The molecule has 29 heavy (non-hydrogen) atoms. The van der Waals surface area contributed by atoms with Crippen LogP contribution in [0.4, 0.5) is 0 Å². The van der Waals surface area contributed by atoms with E-state index in [1.807, 2.05) is 0 Å². The Morgan fingerprint density at radius 3 is 2.55 bits per heavy atom. The van der Waals surface area contributed by atoms with Gasteiger partial charge >= 0.3 is 0 Å². The van der Waals surface area contributed by atoms with Gasteiger partial charge in [-0.25, -0.2) is 8.42 Å². The monoisotopic (exact) mass is 459 g/mol. The van der Waals surface area contributed by atoms with E-state index < -0.39 is 25.7 Å². The van der Waals surface area contributed by atoms with Gasteiger partial charge in [-0.15, -0.1) is 12.4 Å². The molecule has 0 saturated carbocycles.